The highest BCUT2D eigenvalue weighted by Crippen LogP contribution is 2.10. The summed E-state index contributed by atoms with van der Waals surface area (Å²) >= 11 is 0. The lowest BCUT2D eigenvalue weighted by atomic mass is 10.1. The molecule has 0 aliphatic carbocycles. The van der Waals surface area contributed by atoms with Gasteiger partial charge in [-0.3, -0.25) is 9.69 Å². The van der Waals surface area contributed by atoms with E-state index in [4.69, 9.17) is 5.11 Å². The van der Waals surface area contributed by atoms with Gasteiger partial charge in [-0.15, -0.1) is 0 Å². The van der Waals surface area contributed by atoms with E-state index in [1.54, 1.807) is 7.05 Å². The Morgan fingerprint density at radius 3 is 2.79 bits per heavy atom. The fourth-order valence-corrected chi connectivity index (χ4v) is 1.72. The van der Waals surface area contributed by atoms with Crippen molar-refractivity contribution in [2.45, 2.75) is 13.5 Å². The molecule has 4 heteroatoms. The molecule has 0 heterocycles. The van der Waals surface area contributed by atoms with Crippen molar-refractivity contribution >= 4 is 5.91 Å². The van der Waals surface area contributed by atoms with Crippen molar-refractivity contribution in [3.63, 3.8) is 0 Å². The second-order valence-corrected chi connectivity index (χ2v) is 4.09. The summed E-state index contributed by atoms with van der Waals surface area (Å²) in [5.74, 6) is 5.59. The van der Waals surface area contributed by atoms with E-state index in [0.29, 0.717) is 13.1 Å². The number of likely N-dealkylation sites (N-methyl/N-ethyl adjacent to an activating group) is 2. The Hall–Kier alpha value is -1.83. The van der Waals surface area contributed by atoms with Crippen LogP contribution in [0.15, 0.2) is 24.3 Å². The first-order valence-corrected chi connectivity index (χ1v) is 6.31. The zero-order valence-electron chi connectivity index (χ0n) is 11.4. The molecule has 0 aliphatic heterocycles. The van der Waals surface area contributed by atoms with E-state index in [2.05, 4.69) is 17.2 Å². The van der Waals surface area contributed by atoms with E-state index >= 15 is 0 Å². The van der Waals surface area contributed by atoms with Gasteiger partial charge in [-0.05, 0) is 18.2 Å². The zero-order valence-corrected chi connectivity index (χ0v) is 11.4. The predicted molar refractivity (Wildman–Crippen MR) is 75.4 cm³/mol. The molecule has 1 rings (SSSR count). The zero-order chi connectivity index (χ0) is 14.1. The van der Waals surface area contributed by atoms with Crippen LogP contribution in [0.3, 0.4) is 0 Å². The molecule has 19 heavy (non-hydrogen) atoms. The summed E-state index contributed by atoms with van der Waals surface area (Å²) in [6.45, 7) is 3.69. The number of aliphatic hydroxyl groups excluding tert-OH is 1. The highest BCUT2D eigenvalue weighted by atomic mass is 16.2. The normalized spacial score (nSPS) is 9.89. The molecule has 102 valence electrons. The molecule has 0 aliphatic rings. The van der Waals surface area contributed by atoms with Gasteiger partial charge in [-0.25, -0.2) is 0 Å². The molecular formula is C15H20N2O2. The quantitative estimate of drug-likeness (QED) is 0.762. The fourth-order valence-electron chi connectivity index (χ4n) is 1.72. The Labute approximate surface area is 114 Å². The van der Waals surface area contributed by atoms with Crippen LogP contribution in [-0.2, 0) is 11.3 Å². The summed E-state index contributed by atoms with van der Waals surface area (Å²) in [4.78, 5) is 13.5. The van der Waals surface area contributed by atoms with E-state index < -0.39 is 0 Å². The number of aliphatic hydroxyl groups is 1. The minimum absolute atomic E-state index is 0.000716. The topological polar surface area (TPSA) is 52.6 Å². The summed E-state index contributed by atoms with van der Waals surface area (Å²) in [5, 5.41) is 11.4. The minimum atomic E-state index is -0.149. The number of hydrogen-bond acceptors (Lipinski definition) is 3. The van der Waals surface area contributed by atoms with E-state index in [9.17, 15) is 4.79 Å². The molecule has 1 amide bonds. The number of nitrogens with one attached hydrogen (secondary N) is 1. The molecule has 1 aromatic rings. The highest BCUT2D eigenvalue weighted by Gasteiger charge is 2.09. The van der Waals surface area contributed by atoms with Crippen molar-refractivity contribution in [3.8, 4) is 11.8 Å². The maximum absolute atomic E-state index is 11.4. The molecule has 0 bridgehead atoms. The van der Waals surface area contributed by atoms with Crippen LogP contribution in [0.5, 0.6) is 0 Å². The van der Waals surface area contributed by atoms with Crippen molar-refractivity contribution in [1.29, 1.82) is 0 Å². The molecule has 2 N–H and O–H groups in total. The van der Waals surface area contributed by atoms with Gasteiger partial charge in [0.2, 0.25) is 5.91 Å². The molecule has 4 nitrogen and oxygen atoms in total. The molecule has 0 saturated heterocycles. The van der Waals surface area contributed by atoms with Gasteiger partial charge in [0.25, 0.3) is 0 Å². The van der Waals surface area contributed by atoms with Crippen LogP contribution in [0.2, 0.25) is 0 Å². The molecule has 0 atom stereocenters. The van der Waals surface area contributed by atoms with Crippen molar-refractivity contribution in [1.82, 2.24) is 10.2 Å². The molecule has 0 unspecified atom stereocenters. The van der Waals surface area contributed by atoms with Crippen LogP contribution in [0.1, 0.15) is 18.1 Å². The second-order valence-electron chi connectivity index (χ2n) is 4.09. The summed E-state index contributed by atoms with van der Waals surface area (Å²) < 4.78 is 0. The van der Waals surface area contributed by atoms with Gasteiger partial charge >= 0.3 is 0 Å². The summed E-state index contributed by atoms with van der Waals surface area (Å²) in [5.41, 5.74) is 1.96. The Balaban J connectivity index is 2.81. The van der Waals surface area contributed by atoms with Crippen LogP contribution in [0.25, 0.3) is 0 Å². The maximum atomic E-state index is 11.4. The third kappa shape index (κ3) is 5.12. The van der Waals surface area contributed by atoms with Crippen LogP contribution in [-0.4, -0.2) is 42.7 Å². The van der Waals surface area contributed by atoms with Crippen molar-refractivity contribution in [2.24, 2.45) is 0 Å². The first kappa shape index (κ1) is 15.2. The first-order valence-electron chi connectivity index (χ1n) is 6.31. The Bertz CT molecular complexity index is 475. The molecule has 0 aromatic heterocycles. The number of carbonyl (C=O) groups excluding carboxylic acids is 1. The standard InChI is InChI=1S/C15H20N2O2/c1-3-17(12-15(19)16-2)11-14-8-5-4-7-13(14)9-6-10-18/h4-5,7-8,18H,3,10-12H2,1-2H3,(H,16,19). The van der Waals surface area contributed by atoms with Crippen molar-refractivity contribution in [2.75, 3.05) is 26.7 Å². The average molecular weight is 260 g/mol. The SMILES string of the molecule is CCN(CC(=O)NC)Cc1ccccc1C#CCO. The lowest BCUT2D eigenvalue weighted by Crippen LogP contribution is -2.35. The maximum Gasteiger partial charge on any atom is 0.233 e. The monoisotopic (exact) mass is 260 g/mol. The number of benzene rings is 1. The number of hydrogen-bond donors (Lipinski definition) is 2. The van der Waals surface area contributed by atoms with Gasteiger partial charge in [0.1, 0.15) is 6.61 Å². The Kier molecular flexibility index (Phi) is 6.65. The molecule has 0 spiro atoms. The highest BCUT2D eigenvalue weighted by molar-refractivity contribution is 5.77. The minimum Gasteiger partial charge on any atom is -0.384 e. The lowest BCUT2D eigenvalue weighted by Gasteiger charge is -2.20. The van der Waals surface area contributed by atoms with Crippen LogP contribution < -0.4 is 5.32 Å². The van der Waals surface area contributed by atoms with Gasteiger partial charge in [0.15, 0.2) is 0 Å². The van der Waals surface area contributed by atoms with E-state index in [0.717, 1.165) is 17.7 Å². The third-order valence-electron chi connectivity index (χ3n) is 2.81. The third-order valence-corrected chi connectivity index (χ3v) is 2.81. The van der Waals surface area contributed by atoms with Crippen LogP contribution in [0, 0.1) is 11.8 Å². The van der Waals surface area contributed by atoms with Gasteiger partial charge in [-0.1, -0.05) is 37.0 Å². The number of carbonyl (C=O) groups is 1. The van der Waals surface area contributed by atoms with Crippen LogP contribution in [0.4, 0.5) is 0 Å². The average Bonchev–Trinajstić information content (AvgIpc) is 2.45. The first-order chi connectivity index (χ1) is 9.21. The van der Waals surface area contributed by atoms with Gasteiger partial charge in [0.05, 0.1) is 6.54 Å². The fraction of sp³-hybridized carbons (Fsp3) is 0.400. The molecule has 0 radical (unpaired) electrons. The number of rotatable bonds is 5. The lowest BCUT2D eigenvalue weighted by molar-refractivity contribution is -0.121. The van der Waals surface area contributed by atoms with Crippen molar-refractivity contribution in [3.05, 3.63) is 35.4 Å². The summed E-state index contributed by atoms with van der Waals surface area (Å²) in [6.07, 6.45) is 0. The van der Waals surface area contributed by atoms with Gasteiger partial charge < -0.3 is 10.4 Å². The van der Waals surface area contributed by atoms with E-state index in [1.807, 2.05) is 36.1 Å². The number of amides is 1. The largest absolute Gasteiger partial charge is 0.384 e. The molecular weight excluding hydrogens is 240 g/mol. The predicted octanol–water partition coefficient (Wildman–Crippen LogP) is 0.598. The molecule has 0 fully saturated rings. The van der Waals surface area contributed by atoms with Crippen LogP contribution >= 0.6 is 0 Å². The van der Waals surface area contributed by atoms with Gasteiger partial charge in [-0.2, -0.15) is 0 Å². The number of nitrogens with zero attached hydrogens (tertiary/aromatic N) is 1. The van der Waals surface area contributed by atoms with E-state index in [-0.39, 0.29) is 12.5 Å². The Morgan fingerprint density at radius 1 is 1.42 bits per heavy atom. The summed E-state index contributed by atoms with van der Waals surface area (Å²) in [7, 11) is 1.64. The second kappa shape index (κ2) is 8.30. The molecule has 0 saturated carbocycles. The Morgan fingerprint density at radius 2 is 2.16 bits per heavy atom. The van der Waals surface area contributed by atoms with Crippen molar-refractivity contribution < 1.29 is 9.90 Å². The summed E-state index contributed by atoms with van der Waals surface area (Å²) in [6, 6.07) is 7.78. The molecule has 1 aromatic carbocycles. The van der Waals surface area contributed by atoms with E-state index in [1.165, 1.54) is 0 Å². The smallest absolute Gasteiger partial charge is 0.233 e. The van der Waals surface area contributed by atoms with Gasteiger partial charge in [0, 0.05) is 19.2 Å².